The Hall–Kier alpha value is -2.34. The molecule has 1 aliphatic heterocycles. The van der Waals surface area contributed by atoms with Gasteiger partial charge in [0.05, 0.1) is 17.6 Å². The van der Waals surface area contributed by atoms with Crippen LogP contribution >= 0.6 is 0 Å². The number of nitrogens with zero attached hydrogens (tertiary/aromatic N) is 2. The van der Waals surface area contributed by atoms with Gasteiger partial charge in [-0.3, -0.25) is 0 Å². The zero-order valence-corrected chi connectivity index (χ0v) is 17.4. The Kier molecular flexibility index (Phi) is 5.44. The Morgan fingerprint density at radius 3 is 2.56 bits per heavy atom. The van der Waals surface area contributed by atoms with Crippen LogP contribution in [-0.4, -0.2) is 36.7 Å². The molecule has 2 aliphatic rings. The Morgan fingerprint density at radius 2 is 1.94 bits per heavy atom. The van der Waals surface area contributed by atoms with E-state index in [0.717, 1.165) is 6.20 Å². The number of aliphatic hydroxyl groups excluding tert-OH is 1. The standard InChI is InChI=1S/C20H18F6N2O3S/c1-2-9-3-4-28(17-11(9)5-10(21)6-13(17)22)15-8-27-19(32(30,31)20(24,25)26)16-12(15)7-14(23)18(16)29/h5-6,8-9,14,18,29H,2-4,7H2,1H3/t9-,14+,18+/m0/s1. The molecule has 5 nitrogen and oxygen atoms in total. The lowest BCUT2D eigenvalue weighted by Gasteiger charge is -2.36. The minimum atomic E-state index is -5.97. The Labute approximate surface area is 179 Å². The SMILES string of the molecule is CC[C@H]1CCN(c2cnc(S(=O)(=O)C(F)(F)F)c3c2C[C@@H](F)[C@H]3O)c2c(F)cc(F)cc21. The van der Waals surface area contributed by atoms with Gasteiger partial charge >= 0.3 is 5.51 Å². The molecular formula is C20H18F6N2O3S. The molecule has 4 rings (SSSR count). The van der Waals surface area contributed by atoms with Crippen LogP contribution in [0.5, 0.6) is 0 Å². The van der Waals surface area contributed by atoms with Crippen LogP contribution in [0.2, 0.25) is 0 Å². The second kappa shape index (κ2) is 7.62. The molecule has 0 radical (unpaired) electrons. The molecule has 0 saturated carbocycles. The van der Waals surface area contributed by atoms with Gasteiger partial charge in [-0.15, -0.1) is 0 Å². The highest BCUT2D eigenvalue weighted by molar-refractivity contribution is 7.92. The van der Waals surface area contributed by atoms with Crippen molar-refractivity contribution in [3.63, 3.8) is 0 Å². The third-order valence-electron chi connectivity index (χ3n) is 6.02. The van der Waals surface area contributed by atoms with Crippen molar-refractivity contribution in [1.29, 1.82) is 0 Å². The number of alkyl halides is 4. The second-order valence-corrected chi connectivity index (χ2v) is 9.68. The molecule has 1 aliphatic carbocycles. The summed E-state index contributed by atoms with van der Waals surface area (Å²) in [6.07, 6.45) is -2.97. The summed E-state index contributed by atoms with van der Waals surface area (Å²) in [4.78, 5) is 4.77. The molecule has 12 heteroatoms. The number of halogens is 6. The highest BCUT2D eigenvalue weighted by Gasteiger charge is 2.52. The van der Waals surface area contributed by atoms with E-state index in [2.05, 4.69) is 4.98 Å². The summed E-state index contributed by atoms with van der Waals surface area (Å²) >= 11 is 0. The molecule has 0 bridgehead atoms. The fraction of sp³-hybridized carbons (Fsp3) is 0.450. The summed E-state index contributed by atoms with van der Waals surface area (Å²) in [7, 11) is -5.97. The largest absolute Gasteiger partial charge is 0.503 e. The maximum Gasteiger partial charge on any atom is 0.503 e. The van der Waals surface area contributed by atoms with E-state index in [9.17, 15) is 39.9 Å². The first-order valence-electron chi connectivity index (χ1n) is 9.80. The normalized spacial score (nSPS) is 23.2. The predicted molar refractivity (Wildman–Crippen MR) is 102 cm³/mol. The minimum Gasteiger partial charge on any atom is -0.385 e. The van der Waals surface area contributed by atoms with Crippen LogP contribution in [0.1, 0.15) is 48.5 Å². The zero-order valence-electron chi connectivity index (χ0n) is 16.6. The molecule has 2 heterocycles. The van der Waals surface area contributed by atoms with Crippen molar-refractivity contribution in [2.75, 3.05) is 11.4 Å². The van der Waals surface area contributed by atoms with Crippen LogP contribution in [0.25, 0.3) is 0 Å². The number of pyridine rings is 1. The van der Waals surface area contributed by atoms with E-state index in [1.807, 2.05) is 6.92 Å². The molecule has 0 amide bonds. The topological polar surface area (TPSA) is 70.5 Å². The molecule has 0 fully saturated rings. The highest BCUT2D eigenvalue weighted by atomic mass is 32.2. The molecule has 1 aromatic carbocycles. The average molecular weight is 480 g/mol. The number of hydrogen-bond donors (Lipinski definition) is 1. The van der Waals surface area contributed by atoms with Crippen molar-refractivity contribution in [1.82, 2.24) is 4.98 Å². The van der Waals surface area contributed by atoms with Crippen LogP contribution in [0, 0.1) is 11.6 Å². The monoisotopic (exact) mass is 480 g/mol. The highest BCUT2D eigenvalue weighted by Crippen LogP contribution is 2.48. The number of hydrogen-bond acceptors (Lipinski definition) is 5. The lowest BCUT2D eigenvalue weighted by atomic mass is 9.87. The minimum absolute atomic E-state index is 0.0263. The number of aliphatic hydroxyl groups is 1. The van der Waals surface area contributed by atoms with Gasteiger partial charge in [-0.1, -0.05) is 6.92 Å². The summed E-state index contributed by atoms with van der Waals surface area (Å²) < 4.78 is 106. The van der Waals surface area contributed by atoms with Crippen LogP contribution in [0.15, 0.2) is 23.4 Å². The van der Waals surface area contributed by atoms with Crippen molar-refractivity contribution in [2.24, 2.45) is 0 Å². The Bertz CT molecular complexity index is 1180. The summed E-state index contributed by atoms with van der Waals surface area (Å²) in [5, 5.41) is 8.69. The van der Waals surface area contributed by atoms with Gasteiger partial charge < -0.3 is 10.0 Å². The zero-order chi connectivity index (χ0) is 23.6. The molecule has 32 heavy (non-hydrogen) atoms. The first kappa shape index (κ1) is 22.8. The molecule has 0 unspecified atom stereocenters. The van der Waals surface area contributed by atoms with Crippen molar-refractivity contribution >= 4 is 21.2 Å². The first-order valence-corrected chi connectivity index (χ1v) is 11.3. The third kappa shape index (κ3) is 3.35. The van der Waals surface area contributed by atoms with Crippen LogP contribution < -0.4 is 4.90 Å². The van der Waals surface area contributed by atoms with E-state index in [4.69, 9.17) is 0 Å². The van der Waals surface area contributed by atoms with E-state index in [0.29, 0.717) is 24.5 Å². The number of rotatable bonds is 3. The number of fused-ring (bicyclic) bond motifs is 2. The van der Waals surface area contributed by atoms with E-state index in [1.165, 1.54) is 11.0 Å². The molecule has 0 spiro atoms. The maximum atomic E-state index is 14.8. The molecular weight excluding hydrogens is 462 g/mol. The molecule has 1 aromatic heterocycles. The number of aromatic nitrogens is 1. The summed E-state index contributed by atoms with van der Waals surface area (Å²) in [6.45, 7) is 1.99. The third-order valence-corrected chi connectivity index (χ3v) is 7.46. The van der Waals surface area contributed by atoms with Crippen molar-refractivity contribution in [2.45, 2.75) is 54.9 Å². The molecule has 0 saturated heterocycles. The molecule has 2 aromatic rings. The van der Waals surface area contributed by atoms with E-state index in [1.54, 1.807) is 0 Å². The van der Waals surface area contributed by atoms with E-state index < -0.39 is 56.3 Å². The van der Waals surface area contributed by atoms with Gasteiger partial charge in [-0.05, 0) is 36.0 Å². The number of anilines is 2. The van der Waals surface area contributed by atoms with Crippen molar-refractivity contribution < 1.29 is 39.9 Å². The van der Waals surface area contributed by atoms with E-state index in [-0.39, 0.29) is 29.4 Å². The lowest BCUT2D eigenvalue weighted by molar-refractivity contribution is -0.0439. The van der Waals surface area contributed by atoms with Crippen molar-refractivity contribution in [3.8, 4) is 0 Å². The Balaban J connectivity index is 1.95. The first-order chi connectivity index (χ1) is 14.9. The van der Waals surface area contributed by atoms with E-state index >= 15 is 0 Å². The summed E-state index contributed by atoms with van der Waals surface area (Å²) in [6, 6.07) is 1.83. The fourth-order valence-corrected chi connectivity index (χ4v) is 5.44. The predicted octanol–water partition coefficient (Wildman–Crippen LogP) is 4.62. The number of benzene rings is 1. The fourth-order valence-electron chi connectivity index (χ4n) is 4.50. The van der Waals surface area contributed by atoms with Crippen LogP contribution in [0.3, 0.4) is 0 Å². The van der Waals surface area contributed by atoms with Gasteiger partial charge in [0.25, 0.3) is 9.84 Å². The van der Waals surface area contributed by atoms with Gasteiger partial charge in [0.2, 0.25) is 0 Å². The maximum absolute atomic E-state index is 14.8. The number of sulfone groups is 1. The molecule has 174 valence electrons. The molecule has 1 N–H and O–H groups in total. The quantitative estimate of drug-likeness (QED) is 0.650. The second-order valence-electron chi connectivity index (χ2n) is 7.83. The Morgan fingerprint density at radius 1 is 1.25 bits per heavy atom. The van der Waals surface area contributed by atoms with Gasteiger partial charge in [0.15, 0.2) is 5.03 Å². The average Bonchev–Trinajstić information content (AvgIpc) is 3.00. The van der Waals surface area contributed by atoms with Gasteiger partial charge in [-0.2, -0.15) is 13.2 Å². The van der Waals surface area contributed by atoms with Crippen LogP contribution in [-0.2, 0) is 16.3 Å². The summed E-state index contributed by atoms with van der Waals surface area (Å²) in [5.41, 5.74) is -6.41. The van der Waals surface area contributed by atoms with Gasteiger partial charge in [-0.25, -0.2) is 26.6 Å². The van der Waals surface area contributed by atoms with Crippen LogP contribution in [0.4, 0.5) is 37.7 Å². The van der Waals surface area contributed by atoms with Gasteiger partial charge in [0, 0.05) is 24.6 Å². The smallest absolute Gasteiger partial charge is 0.385 e. The van der Waals surface area contributed by atoms with Gasteiger partial charge in [0.1, 0.15) is 23.9 Å². The summed E-state index contributed by atoms with van der Waals surface area (Å²) in [5.74, 6) is -1.90. The molecule has 3 atom stereocenters. The van der Waals surface area contributed by atoms with Crippen molar-refractivity contribution in [3.05, 3.63) is 46.7 Å². The lowest BCUT2D eigenvalue weighted by Crippen LogP contribution is -2.30.